The average Bonchev–Trinajstić information content (AvgIpc) is 3.21. The van der Waals surface area contributed by atoms with E-state index in [1.165, 1.54) is 15.6 Å². The highest BCUT2D eigenvalue weighted by molar-refractivity contribution is 7.92. The lowest BCUT2D eigenvalue weighted by atomic mass is 10.2. The monoisotopic (exact) mass is 498 g/mol. The molecule has 4 rings (SSSR count). The predicted octanol–water partition coefficient (Wildman–Crippen LogP) is 6.72. The zero-order valence-electron chi connectivity index (χ0n) is 18.2. The van der Waals surface area contributed by atoms with E-state index in [0.717, 1.165) is 15.6 Å². The number of amides is 1. The number of hydrogen-bond donors (Lipinski definition) is 1. The van der Waals surface area contributed by atoms with Crippen LogP contribution in [0.1, 0.15) is 28.6 Å². The summed E-state index contributed by atoms with van der Waals surface area (Å²) in [5, 5.41) is 4.20. The van der Waals surface area contributed by atoms with Gasteiger partial charge in [-0.1, -0.05) is 42.3 Å². The maximum Gasteiger partial charge on any atom is 0.265 e. The van der Waals surface area contributed by atoms with Crippen molar-refractivity contribution in [3.05, 3.63) is 88.3 Å². The van der Waals surface area contributed by atoms with E-state index in [0.29, 0.717) is 34.2 Å². The van der Waals surface area contributed by atoms with Crippen LogP contribution in [0.25, 0.3) is 10.1 Å². The van der Waals surface area contributed by atoms with Crippen LogP contribution in [0.5, 0.6) is 0 Å². The van der Waals surface area contributed by atoms with Gasteiger partial charge >= 0.3 is 0 Å². The van der Waals surface area contributed by atoms with Crippen molar-refractivity contribution in [3.63, 3.8) is 0 Å². The summed E-state index contributed by atoms with van der Waals surface area (Å²) in [6.07, 6.45) is 0.667. The summed E-state index contributed by atoms with van der Waals surface area (Å²) >= 11 is 7.35. The second kappa shape index (κ2) is 9.55. The Hall–Kier alpha value is -2.87. The molecule has 0 radical (unpaired) electrons. The number of carbonyl (C=O) groups excluding carboxylic acids is 1. The third-order valence-electron chi connectivity index (χ3n) is 5.13. The van der Waals surface area contributed by atoms with Gasteiger partial charge < -0.3 is 5.32 Å². The van der Waals surface area contributed by atoms with Gasteiger partial charge in [0.2, 0.25) is 0 Å². The molecule has 3 aromatic carbocycles. The molecule has 0 unspecified atom stereocenters. The molecule has 0 bridgehead atoms. The molecule has 1 N–H and O–H groups in total. The number of nitrogens with zero attached hydrogens (tertiary/aromatic N) is 1. The van der Waals surface area contributed by atoms with Crippen LogP contribution in [0.4, 0.5) is 11.4 Å². The molecule has 1 heterocycles. The molecule has 0 saturated carbocycles. The summed E-state index contributed by atoms with van der Waals surface area (Å²) < 4.78 is 29.1. The smallest absolute Gasteiger partial charge is 0.265 e. The number of sulfonamides is 1. The highest BCUT2D eigenvalue weighted by Gasteiger charge is 2.25. The second-order valence-corrected chi connectivity index (χ2v) is 11.1. The summed E-state index contributed by atoms with van der Waals surface area (Å²) in [7, 11) is -3.71. The number of rotatable bonds is 7. The van der Waals surface area contributed by atoms with Crippen molar-refractivity contribution in [2.45, 2.75) is 25.2 Å². The second-order valence-electron chi connectivity index (χ2n) is 7.69. The number of benzene rings is 3. The van der Waals surface area contributed by atoms with Crippen molar-refractivity contribution in [2.24, 2.45) is 0 Å². The quantitative estimate of drug-likeness (QED) is 0.307. The lowest BCUT2D eigenvalue weighted by molar-refractivity contribution is 0.103. The van der Waals surface area contributed by atoms with Gasteiger partial charge in [-0.15, -0.1) is 11.3 Å². The molecule has 0 fully saturated rings. The third kappa shape index (κ3) is 5.05. The number of thiophene rings is 1. The molecule has 4 aromatic rings. The number of fused-ring (bicyclic) bond motifs is 1. The first-order valence-corrected chi connectivity index (χ1v) is 13.1. The lowest BCUT2D eigenvalue weighted by Gasteiger charge is -2.24. The number of anilines is 2. The van der Waals surface area contributed by atoms with Crippen molar-refractivity contribution in [2.75, 3.05) is 16.2 Å². The van der Waals surface area contributed by atoms with E-state index in [1.54, 1.807) is 60.7 Å². The van der Waals surface area contributed by atoms with Crippen LogP contribution >= 0.6 is 22.9 Å². The summed E-state index contributed by atoms with van der Waals surface area (Å²) in [5.74, 6) is -0.238. The van der Waals surface area contributed by atoms with Crippen LogP contribution in [0.2, 0.25) is 5.02 Å². The number of aryl methyl sites for hydroxylation is 1. The van der Waals surface area contributed by atoms with Crippen LogP contribution in [-0.4, -0.2) is 20.9 Å². The molecular formula is C25H23ClN2O3S2. The molecule has 0 aliphatic heterocycles. The normalized spacial score (nSPS) is 11.5. The fourth-order valence-corrected chi connectivity index (χ4v) is 6.16. The van der Waals surface area contributed by atoms with Crippen molar-refractivity contribution < 1.29 is 13.2 Å². The Morgan fingerprint density at radius 3 is 2.48 bits per heavy atom. The summed E-state index contributed by atoms with van der Waals surface area (Å²) in [4.78, 5) is 13.5. The van der Waals surface area contributed by atoms with Crippen LogP contribution < -0.4 is 9.62 Å². The molecular weight excluding hydrogens is 476 g/mol. The Morgan fingerprint density at radius 2 is 1.79 bits per heavy atom. The van der Waals surface area contributed by atoms with Gasteiger partial charge in [-0.05, 0) is 73.3 Å². The number of carbonyl (C=O) groups is 1. The minimum atomic E-state index is -3.71. The molecule has 1 amide bonds. The summed E-state index contributed by atoms with van der Waals surface area (Å²) in [6, 6.07) is 21.1. The number of halogens is 1. The van der Waals surface area contributed by atoms with Crippen molar-refractivity contribution in [3.8, 4) is 0 Å². The van der Waals surface area contributed by atoms with E-state index in [-0.39, 0.29) is 10.8 Å². The lowest BCUT2D eigenvalue weighted by Crippen LogP contribution is -2.31. The van der Waals surface area contributed by atoms with Gasteiger partial charge in [0.25, 0.3) is 15.9 Å². The first-order chi connectivity index (χ1) is 15.8. The van der Waals surface area contributed by atoms with Gasteiger partial charge in [-0.2, -0.15) is 0 Å². The molecule has 0 aliphatic carbocycles. The molecule has 0 aliphatic rings. The number of hydrogen-bond acceptors (Lipinski definition) is 4. The van der Waals surface area contributed by atoms with Crippen molar-refractivity contribution >= 4 is 60.3 Å². The first-order valence-electron chi connectivity index (χ1n) is 10.5. The van der Waals surface area contributed by atoms with Gasteiger partial charge in [0.05, 0.1) is 15.5 Å². The van der Waals surface area contributed by atoms with E-state index in [9.17, 15) is 13.2 Å². The van der Waals surface area contributed by atoms with Gasteiger partial charge in [0.1, 0.15) is 0 Å². The van der Waals surface area contributed by atoms with Crippen LogP contribution in [-0.2, 0) is 10.0 Å². The molecule has 33 heavy (non-hydrogen) atoms. The zero-order valence-corrected chi connectivity index (χ0v) is 20.6. The molecule has 0 atom stereocenters. The molecule has 0 saturated heterocycles. The highest BCUT2D eigenvalue weighted by atomic mass is 35.5. The SMILES string of the molecule is CCCN(c1ccc2sc(C(=O)Nc3cccc(Cl)c3)cc2c1)S(=O)(=O)c1ccc(C)cc1. The van der Waals surface area contributed by atoms with Gasteiger partial charge in [-0.25, -0.2) is 8.42 Å². The molecule has 1 aromatic heterocycles. The van der Waals surface area contributed by atoms with Crippen LogP contribution in [0, 0.1) is 6.92 Å². The minimum absolute atomic E-state index is 0.238. The van der Waals surface area contributed by atoms with Crippen LogP contribution in [0.3, 0.4) is 0 Å². The third-order valence-corrected chi connectivity index (χ3v) is 8.32. The summed E-state index contributed by atoms with van der Waals surface area (Å²) in [6.45, 7) is 4.22. The van der Waals surface area contributed by atoms with Gasteiger partial charge in [0.15, 0.2) is 0 Å². The van der Waals surface area contributed by atoms with Gasteiger partial charge in [0, 0.05) is 22.0 Å². The maximum absolute atomic E-state index is 13.4. The molecule has 5 nitrogen and oxygen atoms in total. The summed E-state index contributed by atoms with van der Waals surface area (Å²) in [5.41, 5.74) is 2.19. The Labute approximate surface area is 202 Å². The first kappa shape index (κ1) is 23.3. The predicted molar refractivity (Wildman–Crippen MR) is 137 cm³/mol. The van der Waals surface area contributed by atoms with E-state index in [1.807, 2.05) is 26.0 Å². The van der Waals surface area contributed by atoms with Crippen molar-refractivity contribution in [1.29, 1.82) is 0 Å². The Morgan fingerprint density at radius 1 is 1.03 bits per heavy atom. The Bertz CT molecular complexity index is 1410. The molecule has 8 heteroatoms. The maximum atomic E-state index is 13.4. The van der Waals surface area contributed by atoms with Crippen molar-refractivity contribution in [1.82, 2.24) is 0 Å². The average molecular weight is 499 g/mol. The molecule has 0 spiro atoms. The van der Waals surface area contributed by atoms with E-state index in [2.05, 4.69) is 5.32 Å². The van der Waals surface area contributed by atoms with E-state index < -0.39 is 10.0 Å². The van der Waals surface area contributed by atoms with Gasteiger partial charge in [-0.3, -0.25) is 9.10 Å². The highest BCUT2D eigenvalue weighted by Crippen LogP contribution is 2.32. The zero-order chi connectivity index (χ0) is 23.6. The fraction of sp³-hybridized carbons (Fsp3) is 0.160. The Balaban J connectivity index is 1.66. The minimum Gasteiger partial charge on any atom is -0.321 e. The van der Waals surface area contributed by atoms with E-state index >= 15 is 0 Å². The Kier molecular flexibility index (Phi) is 6.74. The number of nitrogens with one attached hydrogen (secondary N) is 1. The van der Waals surface area contributed by atoms with Crippen LogP contribution in [0.15, 0.2) is 77.7 Å². The topological polar surface area (TPSA) is 66.5 Å². The largest absolute Gasteiger partial charge is 0.321 e. The standard InChI is InChI=1S/C25H23ClN2O3S2/c1-3-13-28(33(30,31)22-10-7-17(2)8-11-22)21-9-12-23-18(14-21)15-24(32-23)25(29)27-20-6-4-5-19(26)16-20/h4-12,14-16H,3,13H2,1-2H3,(H,27,29). The fourth-order valence-electron chi connectivity index (χ4n) is 3.49. The molecule has 170 valence electrons. The van der Waals surface area contributed by atoms with E-state index in [4.69, 9.17) is 11.6 Å².